The molecule has 0 saturated heterocycles. The van der Waals surface area contributed by atoms with E-state index in [1.165, 1.54) is 60.4 Å². The van der Waals surface area contributed by atoms with E-state index in [0.29, 0.717) is 0 Å². The Labute approximate surface area is 350 Å². The quantitative estimate of drug-likeness (QED) is 0.150. The number of hydrogen-bond acceptors (Lipinski definition) is 1. The molecule has 0 fully saturated rings. The van der Waals surface area contributed by atoms with Gasteiger partial charge in [-0.25, -0.2) is 0 Å². The normalized spacial score (nSPS) is 11.3. The summed E-state index contributed by atoms with van der Waals surface area (Å²) >= 11 is 0. The average molecular weight is 765 g/mol. The van der Waals surface area contributed by atoms with Crippen LogP contribution in [0.2, 0.25) is 0 Å². The second-order valence-corrected chi connectivity index (χ2v) is 15.3. The molecule has 2 heteroatoms. The summed E-state index contributed by atoms with van der Waals surface area (Å²) in [7, 11) is 0. The van der Waals surface area contributed by atoms with E-state index < -0.39 is 0 Å². The first-order valence-electron chi connectivity index (χ1n) is 20.6. The fraction of sp³-hybridized carbons (Fsp3) is 0. The average Bonchev–Trinajstić information content (AvgIpc) is 3.66. The fourth-order valence-electron chi connectivity index (χ4n) is 9.00. The predicted molar refractivity (Wildman–Crippen MR) is 255 cm³/mol. The number of para-hydroxylation sites is 2. The third-order valence-electron chi connectivity index (χ3n) is 11.7. The van der Waals surface area contributed by atoms with Gasteiger partial charge in [0.15, 0.2) is 0 Å². The Balaban J connectivity index is 1.24. The number of rotatable bonds is 8. The molecule has 0 atom stereocenters. The van der Waals surface area contributed by atoms with Crippen molar-refractivity contribution in [1.29, 1.82) is 0 Å². The summed E-state index contributed by atoms with van der Waals surface area (Å²) in [5.41, 5.74) is 16.1. The van der Waals surface area contributed by atoms with Crippen LogP contribution in [0.15, 0.2) is 243 Å². The molecule has 11 aromatic rings. The molecule has 2 nitrogen and oxygen atoms in total. The number of nitrogens with zero attached hydrogens (tertiary/aromatic N) is 2. The second kappa shape index (κ2) is 15.1. The molecule has 0 amide bonds. The summed E-state index contributed by atoms with van der Waals surface area (Å²) in [4.78, 5) is 2.48. The topological polar surface area (TPSA) is 8.17 Å². The van der Waals surface area contributed by atoms with Crippen LogP contribution in [0.25, 0.3) is 82.8 Å². The number of anilines is 3. The smallest absolute Gasteiger partial charge is 0.0562 e. The van der Waals surface area contributed by atoms with Crippen LogP contribution in [-0.2, 0) is 0 Å². The van der Waals surface area contributed by atoms with Gasteiger partial charge < -0.3 is 9.47 Å². The summed E-state index contributed by atoms with van der Waals surface area (Å²) < 4.78 is 2.46. The van der Waals surface area contributed by atoms with Gasteiger partial charge in [-0.05, 0) is 92.7 Å². The largest absolute Gasteiger partial charge is 0.310 e. The summed E-state index contributed by atoms with van der Waals surface area (Å²) in [5.74, 6) is 0. The molecule has 282 valence electrons. The molecular formula is C58H40N2. The van der Waals surface area contributed by atoms with Gasteiger partial charge in [0, 0.05) is 33.3 Å². The van der Waals surface area contributed by atoms with E-state index in [2.05, 4.69) is 252 Å². The van der Waals surface area contributed by atoms with E-state index in [0.717, 1.165) is 39.4 Å². The Morgan fingerprint density at radius 2 is 0.833 bits per heavy atom. The predicted octanol–water partition coefficient (Wildman–Crippen LogP) is 16.1. The molecule has 1 heterocycles. The molecule has 0 aliphatic rings. The first-order chi connectivity index (χ1) is 29.8. The van der Waals surface area contributed by atoms with Gasteiger partial charge in [0.1, 0.15) is 0 Å². The summed E-state index contributed by atoms with van der Waals surface area (Å²) in [5, 5.41) is 4.85. The van der Waals surface area contributed by atoms with Gasteiger partial charge in [-0.1, -0.05) is 194 Å². The Morgan fingerprint density at radius 1 is 0.300 bits per heavy atom. The molecule has 0 aliphatic heterocycles. The zero-order chi connectivity index (χ0) is 39.8. The lowest BCUT2D eigenvalue weighted by atomic mass is 9.94. The molecule has 60 heavy (non-hydrogen) atoms. The molecule has 0 bridgehead atoms. The summed E-state index contributed by atoms with van der Waals surface area (Å²) in [6.45, 7) is 0. The molecule has 0 unspecified atom stereocenters. The first-order valence-corrected chi connectivity index (χ1v) is 20.6. The number of benzene rings is 10. The van der Waals surface area contributed by atoms with Crippen LogP contribution in [0.4, 0.5) is 17.1 Å². The molecule has 0 radical (unpaired) electrons. The van der Waals surface area contributed by atoms with E-state index >= 15 is 0 Å². The maximum Gasteiger partial charge on any atom is 0.0562 e. The van der Waals surface area contributed by atoms with E-state index in [1.54, 1.807) is 0 Å². The number of fused-ring (bicyclic) bond motifs is 4. The lowest BCUT2D eigenvalue weighted by Crippen LogP contribution is -2.12. The van der Waals surface area contributed by atoms with Gasteiger partial charge in [-0.3, -0.25) is 0 Å². The maximum atomic E-state index is 2.48. The highest BCUT2D eigenvalue weighted by atomic mass is 15.1. The van der Waals surface area contributed by atoms with Crippen LogP contribution >= 0.6 is 0 Å². The zero-order valence-electron chi connectivity index (χ0n) is 33.0. The van der Waals surface area contributed by atoms with Crippen molar-refractivity contribution >= 4 is 49.6 Å². The van der Waals surface area contributed by atoms with Crippen molar-refractivity contribution in [3.05, 3.63) is 243 Å². The van der Waals surface area contributed by atoms with Crippen molar-refractivity contribution in [2.75, 3.05) is 4.90 Å². The van der Waals surface area contributed by atoms with Crippen LogP contribution < -0.4 is 4.90 Å². The third-order valence-corrected chi connectivity index (χ3v) is 11.7. The van der Waals surface area contributed by atoms with Gasteiger partial charge in [0.25, 0.3) is 0 Å². The lowest BCUT2D eigenvalue weighted by Gasteiger charge is -2.30. The Morgan fingerprint density at radius 3 is 1.52 bits per heavy atom. The van der Waals surface area contributed by atoms with Crippen LogP contribution in [-0.4, -0.2) is 4.57 Å². The summed E-state index contributed by atoms with van der Waals surface area (Å²) in [6.07, 6.45) is 0. The molecule has 0 aliphatic carbocycles. The highest BCUT2D eigenvalue weighted by Gasteiger charge is 2.23. The van der Waals surface area contributed by atoms with Crippen molar-refractivity contribution < 1.29 is 0 Å². The van der Waals surface area contributed by atoms with Gasteiger partial charge >= 0.3 is 0 Å². The van der Waals surface area contributed by atoms with E-state index in [-0.39, 0.29) is 0 Å². The Hall–Kier alpha value is -7.94. The van der Waals surface area contributed by atoms with E-state index in [4.69, 9.17) is 0 Å². The minimum atomic E-state index is 1.07. The fourth-order valence-corrected chi connectivity index (χ4v) is 9.00. The van der Waals surface area contributed by atoms with Gasteiger partial charge in [0.2, 0.25) is 0 Å². The molecule has 0 N–H and O–H groups in total. The Kier molecular flexibility index (Phi) is 8.87. The standard InChI is InChI=1S/C58H40N2/c1-5-19-41(20-6-1)46-37-47(42-21-7-2-8-22-42)39-49(38-46)59(56-36-33-44-25-13-14-29-51(44)58(56)45-26-11-4-12-27-45)48-34-35-53-52-30-16-18-32-55(52)60(57(53)40-48)54-31-17-15-28-50(54)43-23-9-3-10-24-43/h1-40H. The van der Waals surface area contributed by atoms with Gasteiger partial charge in [0.05, 0.1) is 22.4 Å². The minimum absolute atomic E-state index is 1.07. The van der Waals surface area contributed by atoms with Crippen LogP contribution in [0, 0.1) is 0 Å². The monoisotopic (exact) mass is 764 g/mol. The zero-order valence-corrected chi connectivity index (χ0v) is 33.0. The molecule has 11 rings (SSSR count). The van der Waals surface area contributed by atoms with Crippen molar-refractivity contribution in [3.8, 4) is 50.2 Å². The highest BCUT2D eigenvalue weighted by molar-refractivity contribution is 6.12. The van der Waals surface area contributed by atoms with E-state index in [9.17, 15) is 0 Å². The van der Waals surface area contributed by atoms with Crippen molar-refractivity contribution in [2.24, 2.45) is 0 Å². The second-order valence-electron chi connectivity index (χ2n) is 15.3. The molecule has 10 aromatic carbocycles. The molecule has 1 aromatic heterocycles. The van der Waals surface area contributed by atoms with Crippen LogP contribution in [0.3, 0.4) is 0 Å². The van der Waals surface area contributed by atoms with Crippen molar-refractivity contribution in [3.63, 3.8) is 0 Å². The van der Waals surface area contributed by atoms with Gasteiger partial charge in [-0.2, -0.15) is 0 Å². The third kappa shape index (κ3) is 6.23. The number of aromatic nitrogens is 1. The Bertz CT molecular complexity index is 3240. The molecule has 0 saturated carbocycles. The highest BCUT2D eigenvalue weighted by Crippen LogP contribution is 2.47. The SMILES string of the molecule is c1ccc(-c2cc(-c3ccccc3)cc(N(c3ccc4c5ccccc5n(-c5ccccc5-c5ccccc5)c4c3)c3ccc4ccccc4c3-c3ccccc3)c2)cc1. The summed E-state index contributed by atoms with van der Waals surface area (Å²) in [6, 6.07) is 88.1. The maximum absolute atomic E-state index is 2.48. The molecular weight excluding hydrogens is 725 g/mol. The van der Waals surface area contributed by atoms with Crippen LogP contribution in [0.5, 0.6) is 0 Å². The van der Waals surface area contributed by atoms with E-state index in [1.807, 2.05) is 0 Å². The first kappa shape index (κ1) is 35.2. The minimum Gasteiger partial charge on any atom is -0.310 e. The lowest BCUT2D eigenvalue weighted by molar-refractivity contribution is 1.18. The van der Waals surface area contributed by atoms with Gasteiger partial charge in [-0.15, -0.1) is 0 Å². The number of hydrogen-bond donors (Lipinski definition) is 0. The van der Waals surface area contributed by atoms with Crippen molar-refractivity contribution in [2.45, 2.75) is 0 Å². The molecule has 0 spiro atoms. The van der Waals surface area contributed by atoms with Crippen molar-refractivity contribution in [1.82, 2.24) is 4.57 Å². The van der Waals surface area contributed by atoms with Crippen LogP contribution in [0.1, 0.15) is 0 Å².